The first-order valence-corrected chi connectivity index (χ1v) is 12.0. The molecule has 0 amide bonds. The summed E-state index contributed by atoms with van der Waals surface area (Å²) in [6.07, 6.45) is -0.120. The van der Waals surface area contributed by atoms with Crippen molar-refractivity contribution in [2.45, 2.75) is 89.6 Å². The van der Waals surface area contributed by atoms with Crippen molar-refractivity contribution < 1.29 is 28.0 Å². The summed E-state index contributed by atoms with van der Waals surface area (Å²) in [4.78, 5) is 12.8. The molecular weight excluding hydrogens is 467 g/mol. The lowest BCUT2D eigenvalue weighted by Crippen LogP contribution is -2.47. The number of rotatable bonds is 9. The Bertz CT molecular complexity index is 1010. The molecule has 4 rings (SSSR count). The van der Waals surface area contributed by atoms with Gasteiger partial charge in [-0.2, -0.15) is 0 Å². The largest absolute Gasteiger partial charge is 0.368 e. The van der Waals surface area contributed by atoms with Crippen molar-refractivity contribution in [2.24, 2.45) is 0 Å². The van der Waals surface area contributed by atoms with E-state index in [1.807, 2.05) is 36.4 Å². The number of carbonyl (C=O) groups is 1. The fourth-order valence-corrected chi connectivity index (χ4v) is 5.18. The van der Waals surface area contributed by atoms with Gasteiger partial charge in [0.25, 0.3) is 5.79 Å². The van der Waals surface area contributed by atoms with E-state index >= 15 is 0 Å². The summed E-state index contributed by atoms with van der Waals surface area (Å²) in [5.41, 5.74) is 0.851. The Morgan fingerprint density at radius 1 is 1.18 bits per heavy atom. The Balaban J connectivity index is 1.68. The molecule has 8 heteroatoms. The normalized spacial score (nSPS) is 29.3. The van der Waals surface area contributed by atoms with Crippen LogP contribution in [0.5, 0.6) is 0 Å². The van der Waals surface area contributed by atoms with Crippen molar-refractivity contribution in [3.05, 3.63) is 47.0 Å². The highest BCUT2D eigenvalue weighted by atomic mass is 35.5. The van der Waals surface area contributed by atoms with E-state index in [1.54, 1.807) is 13.8 Å². The molecule has 0 spiro atoms. The third-order valence-electron chi connectivity index (χ3n) is 6.33. The first kappa shape index (κ1) is 24.9. The van der Waals surface area contributed by atoms with Crippen molar-refractivity contribution in [3.8, 4) is 0 Å². The van der Waals surface area contributed by atoms with Crippen LogP contribution < -0.4 is 0 Å². The van der Waals surface area contributed by atoms with Crippen LogP contribution >= 0.6 is 23.5 Å². The molecule has 0 aliphatic carbocycles. The van der Waals surface area contributed by atoms with Gasteiger partial charge >= 0.3 is 0 Å². The fraction of sp³-hybridized carbons (Fsp3) is 0.560. The second kappa shape index (κ2) is 9.78. The number of ketones is 1. The fourth-order valence-electron chi connectivity index (χ4n) is 4.77. The maximum Gasteiger partial charge on any atom is 0.261 e. The van der Waals surface area contributed by atoms with E-state index in [2.05, 4.69) is 6.92 Å². The van der Waals surface area contributed by atoms with Crippen LogP contribution in [0, 0.1) is 0 Å². The number of ether oxygens (including phenoxy) is 4. The lowest BCUT2D eigenvalue weighted by atomic mass is 9.97. The molecule has 2 aliphatic rings. The Kier molecular flexibility index (Phi) is 7.37. The van der Waals surface area contributed by atoms with E-state index in [1.165, 1.54) is 6.92 Å². The summed E-state index contributed by atoms with van der Waals surface area (Å²) in [5.74, 6) is -2.89. The molecule has 2 aromatic carbocycles. The second-order valence-corrected chi connectivity index (χ2v) is 9.72. The van der Waals surface area contributed by atoms with Crippen molar-refractivity contribution >= 4 is 40.0 Å². The molecular formula is C25H30Cl2O6. The zero-order valence-electron chi connectivity index (χ0n) is 19.3. The molecule has 0 radical (unpaired) electrons. The maximum atomic E-state index is 12.8. The molecule has 2 fully saturated rings. The smallest absolute Gasteiger partial charge is 0.261 e. The molecule has 2 aromatic rings. The van der Waals surface area contributed by atoms with E-state index in [0.717, 1.165) is 29.2 Å². The minimum absolute atomic E-state index is 0.196. The molecule has 5 atom stereocenters. The van der Waals surface area contributed by atoms with Gasteiger partial charge in [-0.1, -0.05) is 61.7 Å². The molecule has 0 unspecified atom stereocenters. The van der Waals surface area contributed by atoms with Gasteiger partial charge in [-0.05, 0) is 37.1 Å². The van der Waals surface area contributed by atoms with Gasteiger partial charge in [-0.15, -0.1) is 0 Å². The molecule has 0 bridgehead atoms. The van der Waals surface area contributed by atoms with Crippen LogP contribution in [0.15, 0.2) is 36.4 Å². The van der Waals surface area contributed by atoms with E-state index in [0.29, 0.717) is 11.4 Å². The highest BCUT2D eigenvalue weighted by Crippen LogP contribution is 2.49. The quantitative estimate of drug-likeness (QED) is 0.427. The lowest BCUT2D eigenvalue weighted by molar-refractivity contribution is -0.262. The zero-order valence-corrected chi connectivity index (χ0v) is 20.8. The first-order valence-electron chi connectivity index (χ1n) is 11.3. The highest BCUT2D eigenvalue weighted by Gasteiger charge is 2.69. The summed E-state index contributed by atoms with van der Waals surface area (Å²) in [7, 11) is 0. The van der Waals surface area contributed by atoms with Gasteiger partial charge in [0, 0.05) is 17.5 Å². The Morgan fingerprint density at radius 2 is 1.94 bits per heavy atom. The third-order valence-corrected chi connectivity index (χ3v) is 6.92. The van der Waals surface area contributed by atoms with E-state index in [-0.39, 0.29) is 12.4 Å². The summed E-state index contributed by atoms with van der Waals surface area (Å²) in [6, 6.07) is 11.8. The van der Waals surface area contributed by atoms with Crippen LogP contribution in [-0.2, 0) is 34.6 Å². The average Bonchev–Trinajstić information content (AvgIpc) is 3.22. The standard InChI is InChI=1S/C25H30Cl2O6/c1-5-6-11-20(32-27)21-22(23-25(30-21,15(2)28)33-24(3,4)31-23)29-14-18-17-10-8-7-9-16(17)12-13-19(18)26/h7-10,12-13,20-23H,5-6,11,14H2,1-4H3/t20-,21+,22-,23+,25+/m0/s1. The van der Waals surface area contributed by atoms with Crippen LogP contribution in [-0.4, -0.2) is 41.8 Å². The number of hydrogen-bond donors (Lipinski definition) is 0. The molecule has 0 saturated carbocycles. The number of Topliss-reactive ketones (excluding diaryl/α,β-unsaturated/α-hetero) is 1. The number of carbonyl (C=O) groups excluding carboxylic acids is 1. The molecule has 2 saturated heterocycles. The Hall–Kier alpha value is -1.25. The van der Waals surface area contributed by atoms with Crippen molar-refractivity contribution in [3.63, 3.8) is 0 Å². The van der Waals surface area contributed by atoms with Crippen LogP contribution in [0.1, 0.15) is 52.5 Å². The number of fused-ring (bicyclic) bond motifs is 2. The topological polar surface area (TPSA) is 63.2 Å². The minimum Gasteiger partial charge on any atom is -0.368 e. The number of hydrogen-bond acceptors (Lipinski definition) is 6. The van der Waals surface area contributed by atoms with Gasteiger partial charge in [-0.25, -0.2) is 0 Å². The average molecular weight is 497 g/mol. The predicted octanol–water partition coefficient (Wildman–Crippen LogP) is 5.94. The highest BCUT2D eigenvalue weighted by molar-refractivity contribution is 6.32. The van der Waals surface area contributed by atoms with Crippen molar-refractivity contribution in [2.75, 3.05) is 0 Å². The van der Waals surface area contributed by atoms with Gasteiger partial charge in [0.15, 0.2) is 17.7 Å². The van der Waals surface area contributed by atoms with Crippen LogP contribution in [0.2, 0.25) is 5.02 Å². The third kappa shape index (κ3) is 4.67. The van der Waals surface area contributed by atoms with Crippen molar-refractivity contribution in [1.82, 2.24) is 0 Å². The summed E-state index contributed by atoms with van der Waals surface area (Å²) in [5, 5.41) is 2.66. The van der Waals surface area contributed by atoms with Gasteiger partial charge in [0.2, 0.25) is 0 Å². The predicted molar refractivity (Wildman–Crippen MR) is 126 cm³/mol. The monoisotopic (exact) mass is 496 g/mol. The molecule has 180 valence electrons. The Labute approximate surface area is 204 Å². The second-order valence-electron chi connectivity index (χ2n) is 9.14. The maximum absolute atomic E-state index is 12.8. The number of benzene rings is 2. The van der Waals surface area contributed by atoms with Crippen molar-refractivity contribution in [1.29, 1.82) is 0 Å². The van der Waals surface area contributed by atoms with Gasteiger partial charge < -0.3 is 18.9 Å². The lowest BCUT2D eigenvalue weighted by Gasteiger charge is -2.30. The van der Waals surface area contributed by atoms with Gasteiger partial charge in [0.05, 0.1) is 18.5 Å². The van der Waals surface area contributed by atoms with Crippen LogP contribution in [0.25, 0.3) is 10.8 Å². The number of halogens is 2. The van der Waals surface area contributed by atoms with Gasteiger partial charge in [0.1, 0.15) is 18.3 Å². The van der Waals surface area contributed by atoms with Gasteiger partial charge in [-0.3, -0.25) is 9.08 Å². The zero-order chi connectivity index (χ0) is 23.8. The summed E-state index contributed by atoms with van der Waals surface area (Å²) in [6.45, 7) is 7.21. The molecule has 2 heterocycles. The molecule has 0 aromatic heterocycles. The molecule has 0 N–H and O–H groups in total. The SMILES string of the molecule is CCCC[C@H](OCl)[C@H]1O[C@]2(C(C)=O)OC(C)(C)O[C@@H]2[C@H]1OCc1c(Cl)ccc2ccccc12. The molecule has 2 aliphatic heterocycles. The Morgan fingerprint density at radius 3 is 2.64 bits per heavy atom. The summed E-state index contributed by atoms with van der Waals surface area (Å²) >= 11 is 12.4. The summed E-state index contributed by atoms with van der Waals surface area (Å²) < 4.78 is 30.2. The van der Waals surface area contributed by atoms with Crippen LogP contribution in [0.3, 0.4) is 0 Å². The number of unbranched alkanes of at least 4 members (excludes halogenated alkanes) is 1. The first-order chi connectivity index (χ1) is 15.7. The molecule has 33 heavy (non-hydrogen) atoms. The van der Waals surface area contributed by atoms with E-state index in [4.69, 9.17) is 46.7 Å². The van der Waals surface area contributed by atoms with Crippen LogP contribution in [0.4, 0.5) is 0 Å². The minimum atomic E-state index is -1.58. The molecule has 6 nitrogen and oxygen atoms in total. The van der Waals surface area contributed by atoms with E-state index in [9.17, 15) is 4.79 Å². The van der Waals surface area contributed by atoms with E-state index < -0.39 is 36.0 Å².